The molecule has 0 spiro atoms. The molecule has 0 saturated heterocycles. The number of non-ortho nitro benzene ring substituents is 1. The van der Waals surface area contributed by atoms with Gasteiger partial charge >= 0.3 is 0 Å². The van der Waals surface area contributed by atoms with Gasteiger partial charge in [-0.2, -0.15) is 0 Å². The average molecular weight is 329 g/mol. The molecule has 0 saturated carbocycles. The van der Waals surface area contributed by atoms with Gasteiger partial charge in [-0.05, 0) is 29.8 Å². The third-order valence-corrected chi connectivity index (χ3v) is 3.32. The third kappa shape index (κ3) is 5.06. The lowest BCUT2D eigenvalue weighted by molar-refractivity contribution is -0.384. The van der Waals surface area contributed by atoms with E-state index in [9.17, 15) is 14.9 Å². The predicted molar refractivity (Wildman–Crippen MR) is 91.1 cm³/mol. The second-order valence-electron chi connectivity index (χ2n) is 5.12. The molecular weight excluding hydrogens is 310 g/mol. The highest BCUT2D eigenvalue weighted by atomic mass is 16.6. The Morgan fingerprint density at radius 2 is 1.92 bits per heavy atom. The van der Waals surface area contributed by atoms with Crippen molar-refractivity contribution < 1.29 is 14.5 Å². The maximum Gasteiger partial charge on any atom is 0.269 e. The van der Waals surface area contributed by atoms with Crippen molar-refractivity contribution in [2.75, 3.05) is 25.5 Å². The van der Waals surface area contributed by atoms with Gasteiger partial charge in [0.05, 0.1) is 11.5 Å². The Morgan fingerprint density at radius 3 is 2.58 bits per heavy atom. The van der Waals surface area contributed by atoms with Crippen molar-refractivity contribution in [2.24, 2.45) is 0 Å². The monoisotopic (exact) mass is 329 g/mol. The number of anilines is 1. The number of nitrogens with one attached hydrogen (secondary N) is 2. The number of carbonyl (C=O) groups excluding carboxylic acids is 1. The fourth-order valence-electron chi connectivity index (χ4n) is 2.15. The summed E-state index contributed by atoms with van der Waals surface area (Å²) < 4.78 is 5.05. The minimum Gasteiger partial charge on any atom is -0.383 e. The van der Waals surface area contributed by atoms with Gasteiger partial charge < -0.3 is 15.4 Å². The molecule has 2 aromatic carbocycles. The van der Waals surface area contributed by atoms with E-state index in [0.29, 0.717) is 25.3 Å². The zero-order valence-electron chi connectivity index (χ0n) is 13.3. The Kier molecular flexibility index (Phi) is 6.27. The van der Waals surface area contributed by atoms with Crippen molar-refractivity contribution in [3.8, 4) is 0 Å². The van der Waals surface area contributed by atoms with Crippen molar-refractivity contribution in [1.29, 1.82) is 0 Å². The van der Waals surface area contributed by atoms with Crippen LogP contribution in [-0.2, 0) is 11.3 Å². The number of methoxy groups -OCH3 is 1. The fourth-order valence-corrected chi connectivity index (χ4v) is 2.15. The summed E-state index contributed by atoms with van der Waals surface area (Å²) in [5, 5.41) is 16.5. The van der Waals surface area contributed by atoms with Gasteiger partial charge in [0.25, 0.3) is 11.6 Å². The number of hydrogen-bond donors (Lipinski definition) is 2. The minimum absolute atomic E-state index is 0.0461. The van der Waals surface area contributed by atoms with E-state index in [2.05, 4.69) is 10.6 Å². The lowest BCUT2D eigenvalue weighted by Crippen LogP contribution is -2.28. The maximum absolute atomic E-state index is 12.1. The number of nitrogens with zero attached hydrogens (tertiary/aromatic N) is 1. The molecular formula is C17H19N3O4. The molecule has 126 valence electrons. The predicted octanol–water partition coefficient (Wildman–Crippen LogP) is 2.58. The fraction of sp³-hybridized carbons (Fsp3) is 0.235. The number of carbonyl (C=O) groups is 1. The quantitative estimate of drug-likeness (QED) is 0.441. The van der Waals surface area contributed by atoms with Crippen LogP contribution in [0, 0.1) is 10.1 Å². The van der Waals surface area contributed by atoms with Crippen LogP contribution in [0.1, 0.15) is 15.9 Å². The van der Waals surface area contributed by atoms with Crippen LogP contribution in [0.15, 0.2) is 48.5 Å². The van der Waals surface area contributed by atoms with Gasteiger partial charge in [0.2, 0.25) is 0 Å². The van der Waals surface area contributed by atoms with E-state index in [1.165, 1.54) is 12.1 Å². The molecule has 7 heteroatoms. The Bertz CT molecular complexity index is 701. The van der Waals surface area contributed by atoms with E-state index in [1.807, 2.05) is 12.1 Å². The molecule has 2 rings (SSSR count). The molecule has 2 N–H and O–H groups in total. The van der Waals surface area contributed by atoms with Crippen LogP contribution >= 0.6 is 0 Å². The zero-order chi connectivity index (χ0) is 17.4. The SMILES string of the molecule is COCc1cccc(C(=O)NCCNc2ccc([N+](=O)[O-])cc2)c1. The van der Waals surface area contributed by atoms with Crippen LogP contribution in [0.25, 0.3) is 0 Å². The summed E-state index contributed by atoms with van der Waals surface area (Å²) in [6.07, 6.45) is 0. The number of benzene rings is 2. The van der Waals surface area contributed by atoms with Gasteiger partial charge in [-0.25, -0.2) is 0 Å². The topological polar surface area (TPSA) is 93.5 Å². The van der Waals surface area contributed by atoms with Gasteiger partial charge in [-0.1, -0.05) is 12.1 Å². The number of nitro benzene ring substituents is 1. The molecule has 2 aromatic rings. The third-order valence-electron chi connectivity index (χ3n) is 3.32. The number of amides is 1. The largest absolute Gasteiger partial charge is 0.383 e. The molecule has 0 radical (unpaired) electrons. The smallest absolute Gasteiger partial charge is 0.269 e. The molecule has 0 aromatic heterocycles. The van der Waals surface area contributed by atoms with Crippen molar-refractivity contribution >= 4 is 17.3 Å². The highest BCUT2D eigenvalue weighted by molar-refractivity contribution is 5.94. The first-order valence-electron chi connectivity index (χ1n) is 7.44. The number of nitro groups is 1. The van der Waals surface area contributed by atoms with Crippen molar-refractivity contribution in [2.45, 2.75) is 6.61 Å². The van der Waals surface area contributed by atoms with Crippen molar-refractivity contribution in [3.63, 3.8) is 0 Å². The molecule has 0 fully saturated rings. The number of rotatable bonds is 8. The van der Waals surface area contributed by atoms with Gasteiger partial charge in [0.15, 0.2) is 0 Å². The van der Waals surface area contributed by atoms with Crippen LogP contribution in [0.5, 0.6) is 0 Å². The van der Waals surface area contributed by atoms with E-state index < -0.39 is 4.92 Å². The molecule has 0 heterocycles. The molecule has 7 nitrogen and oxygen atoms in total. The standard InChI is InChI=1S/C17H19N3O4/c1-24-12-13-3-2-4-14(11-13)17(21)19-10-9-18-15-5-7-16(8-6-15)20(22)23/h2-8,11,18H,9-10,12H2,1H3,(H,19,21). The molecule has 0 aliphatic heterocycles. The van der Waals surface area contributed by atoms with E-state index in [-0.39, 0.29) is 11.6 Å². The highest BCUT2D eigenvalue weighted by Gasteiger charge is 2.06. The lowest BCUT2D eigenvalue weighted by atomic mass is 10.1. The highest BCUT2D eigenvalue weighted by Crippen LogP contribution is 2.14. The molecule has 0 atom stereocenters. The summed E-state index contributed by atoms with van der Waals surface area (Å²) >= 11 is 0. The molecule has 0 bridgehead atoms. The Balaban J connectivity index is 1.78. The second kappa shape index (κ2) is 8.64. The lowest BCUT2D eigenvalue weighted by Gasteiger charge is -2.09. The van der Waals surface area contributed by atoms with Crippen LogP contribution in [-0.4, -0.2) is 31.0 Å². The normalized spacial score (nSPS) is 10.2. The van der Waals surface area contributed by atoms with Gasteiger partial charge in [-0.3, -0.25) is 14.9 Å². The zero-order valence-corrected chi connectivity index (χ0v) is 13.3. The minimum atomic E-state index is -0.443. The molecule has 0 aliphatic carbocycles. The van der Waals surface area contributed by atoms with Crippen molar-refractivity contribution in [1.82, 2.24) is 5.32 Å². The maximum atomic E-state index is 12.1. The summed E-state index contributed by atoms with van der Waals surface area (Å²) in [4.78, 5) is 22.2. The van der Waals surface area contributed by atoms with E-state index >= 15 is 0 Å². The van der Waals surface area contributed by atoms with E-state index in [0.717, 1.165) is 11.3 Å². The molecule has 1 amide bonds. The average Bonchev–Trinajstić information content (AvgIpc) is 2.59. The first-order chi connectivity index (χ1) is 11.6. The van der Waals surface area contributed by atoms with Gasteiger partial charge in [0, 0.05) is 43.6 Å². The summed E-state index contributed by atoms with van der Waals surface area (Å²) in [7, 11) is 1.61. The first kappa shape index (κ1) is 17.4. The summed E-state index contributed by atoms with van der Waals surface area (Å²) in [5.74, 6) is -0.154. The number of hydrogen-bond acceptors (Lipinski definition) is 5. The summed E-state index contributed by atoms with van der Waals surface area (Å²) in [5.41, 5.74) is 2.33. The molecule has 24 heavy (non-hydrogen) atoms. The Labute approximate surface area is 139 Å². The van der Waals surface area contributed by atoms with Gasteiger partial charge in [-0.15, -0.1) is 0 Å². The van der Waals surface area contributed by atoms with Crippen molar-refractivity contribution in [3.05, 3.63) is 69.8 Å². The second-order valence-corrected chi connectivity index (χ2v) is 5.12. The van der Waals surface area contributed by atoms with E-state index in [1.54, 1.807) is 31.4 Å². The van der Waals surface area contributed by atoms with Crippen LogP contribution in [0.3, 0.4) is 0 Å². The summed E-state index contributed by atoms with van der Waals surface area (Å²) in [6, 6.07) is 13.4. The number of ether oxygens (including phenoxy) is 1. The summed E-state index contributed by atoms with van der Waals surface area (Å²) in [6.45, 7) is 1.41. The first-order valence-corrected chi connectivity index (χ1v) is 7.44. The van der Waals surface area contributed by atoms with E-state index in [4.69, 9.17) is 4.74 Å². The molecule has 0 unspecified atom stereocenters. The van der Waals surface area contributed by atoms with Crippen LogP contribution in [0.4, 0.5) is 11.4 Å². The van der Waals surface area contributed by atoms with Crippen LogP contribution in [0.2, 0.25) is 0 Å². The van der Waals surface area contributed by atoms with Gasteiger partial charge in [0.1, 0.15) is 0 Å². The molecule has 0 aliphatic rings. The Morgan fingerprint density at radius 1 is 1.17 bits per heavy atom. The Hall–Kier alpha value is -2.93. The van der Waals surface area contributed by atoms with Crippen LogP contribution < -0.4 is 10.6 Å².